The van der Waals surface area contributed by atoms with Crippen molar-refractivity contribution < 1.29 is 4.74 Å². The minimum Gasteiger partial charge on any atom is -0.490 e. The van der Waals surface area contributed by atoms with Crippen molar-refractivity contribution in [3.05, 3.63) is 11.5 Å². The molecule has 0 bridgehead atoms. The first-order valence-corrected chi connectivity index (χ1v) is 6.35. The first-order valence-electron chi connectivity index (χ1n) is 5.98. The average molecular weight is 256 g/mol. The molecule has 4 nitrogen and oxygen atoms in total. The van der Waals surface area contributed by atoms with Crippen LogP contribution < -0.4 is 9.64 Å². The van der Waals surface area contributed by atoms with E-state index in [0.29, 0.717) is 10.9 Å². The summed E-state index contributed by atoms with van der Waals surface area (Å²) in [5.41, 5.74) is 0. The summed E-state index contributed by atoms with van der Waals surface area (Å²) in [4.78, 5) is 10.3. The molecule has 1 aliphatic rings. The van der Waals surface area contributed by atoms with Crippen molar-refractivity contribution in [2.24, 2.45) is 5.92 Å². The predicted molar refractivity (Wildman–Crippen MR) is 68.8 cm³/mol. The molecule has 94 valence electrons. The number of halogens is 1. The Morgan fingerprint density at radius 3 is 2.76 bits per heavy atom. The Morgan fingerprint density at radius 2 is 2.12 bits per heavy atom. The minimum atomic E-state index is 0.371. The Hall–Kier alpha value is -1.03. The SMILES string of the molecule is COc1c(Cl)ncnc1N(C)CC1CCCC1. The number of rotatable bonds is 4. The zero-order valence-electron chi connectivity index (χ0n) is 10.3. The molecular formula is C12H18ClN3O. The summed E-state index contributed by atoms with van der Waals surface area (Å²) < 4.78 is 5.26. The molecule has 0 saturated heterocycles. The van der Waals surface area contributed by atoms with Gasteiger partial charge in [0, 0.05) is 13.6 Å². The Balaban J connectivity index is 2.12. The van der Waals surface area contributed by atoms with Crippen molar-refractivity contribution in [1.29, 1.82) is 0 Å². The Morgan fingerprint density at radius 1 is 1.41 bits per heavy atom. The van der Waals surface area contributed by atoms with Crippen molar-refractivity contribution in [3.63, 3.8) is 0 Å². The van der Waals surface area contributed by atoms with Crippen LogP contribution in [0, 0.1) is 5.92 Å². The molecule has 0 amide bonds. The van der Waals surface area contributed by atoms with Crippen LogP contribution in [-0.4, -0.2) is 30.7 Å². The van der Waals surface area contributed by atoms with E-state index in [1.807, 2.05) is 7.05 Å². The van der Waals surface area contributed by atoms with Gasteiger partial charge in [-0.25, -0.2) is 9.97 Å². The van der Waals surface area contributed by atoms with Crippen molar-refractivity contribution in [1.82, 2.24) is 9.97 Å². The van der Waals surface area contributed by atoms with Gasteiger partial charge in [-0.1, -0.05) is 24.4 Å². The average Bonchev–Trinajstić information content (AvgIpc) is 2.81. The number of hydrogen-bond donors (Lipinski definition) is 0. The molecule has 17 heavy (non-hydrogen) atoms. The quantitative estimate of drug-likeness (QED) is 0.776. The lowest BCUT2D eigenvalue weighted by Gasteiger charge is -2.23. The van der Waals surface area contributed by atoms with E-state index >= 15 is 0 Å². The van der Waals surface area contributed by atoms with Gasteiger partial charge in [-0.15, -0.1) is 0 Å². The Labute approximate surface area is 107 Å². The molecule has 0 aromatic carbocycles. The first-order chi connectivity index (χ1) is 8.22. The highest BCUT2D eigenvalue weighted by molar-refractivity contribution is 6.31. The first kappa shape index (κ1) is 12.4. The molecule has 1 saturated carbocycles. The molecule has 0 atom stereocenters. The van der Waals surface area contributed by atoms with E-state index in [0.717, 1.165) is 18.3 Å². The molecule has 1 fully saturated rings. The monoisotopic (exact) mass is 255 g/mol. The maximum atomic E-state index is 5.99. The molecule has 2 rings (SSSR count). The van der Waals surface area contributed by atoms with Crippen molar-refractivity contribution in [3.8, 4) is 5.75 Å². The zero-order chi connectivity index (χ0) is 12.3. The van der Waals surface area contributed by atoms with E-state index in [9.17, 15) is 0 Å². The van der Waals surface area contributed by atoms with Crippen LogP contribution in [-0.2, 0) is 0 Å². The largest absolute Gasteiger partial charge is 0.490 e. The fourth-order valence-electron chi connectivity index (χ4n) is 2.46. The molecular weight excluding hydrogens is 238 g/mol. The van der Waals surface area contributed by atoms with Crippen molar-refractivity contribution in [2.75, 3.05) is 25.6 Å². The summed E-state index contributed by atoms with van der Waals surface area (Å²) in [6.07, 6.45) is 6.79. The van der Waals surface area contributed by atoms with Gasteiger partial charge in [-0.05, 0) is 18.8 Å². The third-order valence-corrected chi connectivity index (χ3v) is 3.58. The van der Waals surface area contributed by atoms with Gasteiger partial charge in [0.2, 0.25) is 0 Å². The van der Waals surface area contributed by atoms with Gasteiger partial charge in [0.1, 0.15) is 6.33 Å². The second-order valence-electron chi connectivity index (χ2n) is 4.55. The van der Waals surface area contributed by atoms with Gasteiger partial charge in [0.15, 0.2) is 16.7 Å². The highest BCUT2D eigenvalue weighted by atomic mass is 35.5. The normalized spacial score (nSPS) is 16.2. The summed E-state index contributed by atoms with van der Waals surface area (Å²) in [7, 11) is 3.62. The molecule has 1 aliphatic carbocycles. The van der Waals surface area contributed by atoms with E-state index < -0.39 is 0 Å². The van der Waals surface area contributed by atoms with Crippen LogP contribution in [0.25, 0.3) is 0 Å². The summed E-state index contributed by atoms with van der Waals surface area (Å²) in [5.74, 6) is 2.10. The van der Waals surface area contributed by atoms with Gasteiger partial charge in [-0.3, -0.25) is 0 Å². The molecule has 1 aromatic heterocycles. The summed E-state index contributed by atoms with van der Waals surface area (Å²) in [5, 5.41) is 0.371. The maximum absolute atomic E-state index is 5.99. The van der Waals surface area contributed by atoms with Crippen LogP contribution in [0.15, 0.2) is 6.33 Å². The fourth-order valence-corrected chi connectivity index (χ4v) is 2.66. The number of aromatic nitrogens is 2. The smallest absolute Gasteiger partial charge is 0.199 e. The molecule has 0 radical (unpaired) electrons. The molecule has 1 aromatic rings. The van der Waals surface area contributed by atoms with Crippen molar-refractivity contribution >= 4 is 17.4 Å². The predicted octanol–water partition coefficient (Wildman–Crippen LogP) is 2.77. The summed E-state index contributed by atoms with van der Waals surface area (Å²) >= 11 is 5.99. The second kappa shape index (κ2) is 5.54. The second-order valence-corrected chi connectivity index (χ2v) is 4.91. The van der Waals surface area contributed by atoms with E-state index in [-0.39, 0.29) is 0 Å². The van der Waals surface area contributed by atoms with Gasteiger partial charge in [-0.2, -0.15) is 0 Å². The lowest BCUT2D eigenvalue weighted by atomic mass is 10.1. The zero-order valence-corrected chi connectivity index (χ0v) is 11.1. The number of nitrogens with zero attached hydrogens (tertiary/aromatic N) is 3. The van der Waals surface area contributed by atoms with Gasteiger partial charge < -0.3 is 9.64 Å². The standard InChI is InChI=1S/C12H18ClN3O/c1-16(7-9-5-3-4-6-9)12-10(17-2)11(13)14-8-15-12/h8-9H,3-7H2,1-2H3. The summed E-state index contributed by atoms with van der Waals surface area (Å²) in [6.45, 7) is 1.00. The Kier molecular flexibility index (Phi) is 4.05. The number of methoxy groups -OCH3 is 1. The molecule has 0 N–H and O–H groups in total. The number of hydrogen-bond acceptors (Lipinski definition) is 4. The van der Waals surface area contributed by atoms with Crippen LogP contribution >= 0.6 is 11.6 Å². The summed E-state index contributed by atoms with van der Waals surface area (Å²) in [6, 6.07) is 0. The van der Waals surface area contributed by atoms with E-state index in [4.69, 9.17) is 16.3 Å². The molecule has 1 heterocycles. The number of anilines is 1. The van der Waals surface area contributed by atoms with Gasteiger partial charge in [0.25, 0.3) is 0 Å². The van der Waals surface area contributed by atoms with Crippen LogP contribution in [0.3, 0.4) is 0 Å². The lowest BCUT2D eigenvalue weighted by Crippen LogP contribution is -2.25. The van der Waals surface area contributed by atoms with E-state index in [1.54, 1.807) is 7.11 Å². The maximum Gasteiger partial charge on any atom is 0.199 e. The fraction of sp³-hybridized carbons (Fsp3) is 0.667. The highest BCUT2D eigenvalue weighted by Gasteiger charge is 2.20. The van der Waals surface area contributed by atoms with Crippen molar-refractivity contribution in [2.45, 2.75) is 25.7 Å². The minimum absolute atomic E-state index is 0.371. The third kappa shape index (κ3) is 2.80. The lowest BCUT2D eigenvalue weighted by molar-refractivity contribution is 0.409. The topological polar surface area (TPSA) is 38.3 Å². The van der Waals surface area contributed by atoms with E-state index in [1.165, 1.54) is 32.0 Å². The molecule has 0 unspecified atom stereocenters. The van der Waals surface area contributed by atoms with Crippen LogP contribution in [0.4, 0.5) is 5.82 Å². The molecule has 0 aliphatic heterocycles. The van der Waals surface area contributed by atoms with Gasteiger partial charge >= 0.3 is 0 Å². The molecule has 0 spiro atoms. The number of ether oxygens (including phenoxy) is 1. The van der Waals surface area contributed by atoms with E-state index in [2.05, 4.69) is 14.9 Å². The van der Waals surface area contributed by atoms with Crippen LogP contribution in [0.5, 0.6) is 5.75 Å². The van der Waals surface area contributed by atoms with Crippen LogP contribution in [0.1, 0.15) is 25.7 Å². The molecule has 5 heteroatoms. The third-order valence-electron chi connectivity index (χ3n) is 3.31. The van der Waals surface area contributed by atoms with Gasteiger partial charge in [0.05, 0.1) is 7.11 Å². The Bertz CT molecular complexity index is 380. The van der Waals surface area contributed by atoms with Crippen LogP contribution in [0.2, 0.25) is 5.15 Å². The highest BCUT2D eigenvalue weighted by Crippen LogP contribution is 2.33.